The van der Waals surface area contributed by atoms with Crippen molar-refractivity contribution in [2.75, 3.05) is 4.90 Å². The maximum absolute atomic E-state index is 6.39. The summed E-state index contributed by atoms with van der Waals surface area (Å²) in [6, 6.07) is 58.6. The molecule has 0 amide bonds. The Morgan fingerprint density at radius 2 is 0.977 bits per heavy atom. The summed E-state index contributed by atoms with van der Waals surface area (Å²) >= 11 is 0. The monoisotopic (exact) mass is 561 g/mol. The smallest absolute Gasteiger partial charge is 0.137 e. The van der Waals surface area contributed by atoms with Crippen LogP contribution in [0.5, 0.6) is 0 Å². The molecule has 9 aromatic rings. The summed E-state index contributed by atoms with van der Waals surface area (Å²) in [5.41, 5.74) is 7.45. The normalized spacial score (nSPS) is 11.6. The summed E-state index contributed by atoms with van der Waals surface area (Å²) in [7, 11) is 0. The number of furan rings is 1. The topological polar surface area (TPSA) is 16.4 Å². The number of anilines is 3. The average Bonchev–Trinajstić information content (AvgIpc) is 3.47. The lowest BCUT2D eigenvalue weighted by Gasteiger charge is -2.28. The molecule has 2 nitrogen and oxygen atoms in total. The highest BCUT2D eigenvalue weighted by Gasteiger charge is 2.20. The maximum Gasteiger partial charge on any atom is 0.137 e. The van der Waals surface area contributed by atoms with Crippen molar-refractivity contribution in [1.82, 2.24) is 0 Å². The number of fused-ring (bicyclic) bond motifs is 8. The van der Waals surface area contributed by atoms with Crippen LogP contribution >= 0.6 is 0 Å². The lowest BCUT2D eigenvalue weighted by atomic mass is 9.94. The van der Waals surface area contributed by atoms with Gasteiger partial charge in [0.15, 0.2) is 0 Å². The van der Waals surface area contributed by atoms with Gasteiger partial charge in [0.2, 0.25) is 0 Å². The minimum atomic E-state index is 0.879. The second-order valence-electron chi connectivity index (χ2n) is 11.4. The van der Waals surface area contributed by atoms with Crippen LogP contribution in [-0.4, -0.2) is 0 Å². The number of hydrogen-bond acceptors (Lipinski definition) is 2. The number of nitrogens with zero attached hydrogens (tertiary/aromatic N) is 1. The van der Waals surface area contributed by atoms with Gasteiger partial charge in [-0.15, -0.1) is 0 Å². The molecule has 206 valence electrons. The third-order valence-electron chi connectivity index (χ3n) is 8.82. The van der Waals surface area contributed by atoms with Gasteiger partial charge in [-0.05, 0) is 74.5 Å². The molecule has 2 heteroatoms. The fourth-order valence-electron chi connectivity index (χ4n) is 6.75. The van der Waals surface area contributed by atoms with Gasteiger partial charge < -0.3 is 9.32 Å². The van der Waals surface area contributed by atoms with Crippen molar-refractivity contribution in [3.05, 3.63) is 164 Å². The van der Waals surface area contributed by atoms with E-state index in [2.05, 4.69) is 157 Å². The van der Waals surface area contributed by atoms with Crippen LogP contribution in [0.4, 0.5) is 17.1 Å². The molecular formula is C42H27NO. The second kappa shape index (κ2) is 9.86. The predicted octanol–water partition coefficient (Wildman–Crippen LogP) is 12.2. The first-order valence-corrected chi connectivity index (χ1v) is 15.0. The second-order valence-corrected chi connectivity index (χ2v) is 11.4. The first-order valence-electron chi connectivity index (χ1n) is 15.0. The van der Waals surface area contributed by atoms with E-state index >= 15 is 0 Å². The van der Waals surface area contributed by atoms with E-state index in [1.807, 2.05) is 12.1 Å². The molecule has 0 radical (unpaired) electrons. The van der Waals surface area contributed by atoms with E-state index in [4.69, 9.17) is 4.42 Å². The van der Waals surface area contributed by atoms with Gasteiger partial charge in [0.05, 0.1) is 5.69 Å². The zero-order valence-corrected chi connectivity index (χ0v) is 23.9. The van der Waals surface area contributed by atoms with Crippen molar-refractivity contribution in [3.8, 4) is 11.1 Å². The van der Waals surface area contributed by atoms with Gasteiger partial charge in [0.25, 0.3) is 0 Å². The van der Waals surface area contributed by atoms with E-state index in [1.54, 1.807) is 0 Å². The van der Waals surface area contributed by atoms with Gasteiger partial charge in [-0.25, -0.2) is 0 Å². The molecule has 0 aliphatic rings. The van der Waals surface area contributed by atoms with E-state index in [1.165, 1.54) is 43.4 Å². The van der Waals surface area contributed by atoms with Crippen molar-refractivity contribution >= 4 is 71.3 Å². The van der Waals surface area contributed by atoms with Crippen LogP contribution in [0.3, 0.4) is 0 Å². The van der Waals surface area contributed by atoms with Crippen LogP contribution in [0.25, 0.3) is 65.4 Å². The highest BCUT2D eigenvalue weighted by atomic mass is 16.3. The number of benzene rings is 8. The van der Waals surface area contributed by atoms with E-state index in [-0.39, 0.29) is 0 Å². The van der Waals surface area contributed by atoms with Crippen molar-refractivity contribution in [3.63, 3.8) is 0 Å². The molecule has 0 spiro atoms. The fourth-order valence-corrected chi connectivity index (χ4v) is 6.75. The quantitative estimate of drug-likeness (QED) is 0.199. The van der Waals surface area contributed by atoms with Gasteiger partial charge >= 0.3 is 0 Å². The van der Waals surface area contributed by atoms with Crippen molar-refractivity contribution < 1.29 is 4.42 Å². The Bertz CT molecular complexity index is 2490. The van der Waals surface area contributed by atoms with Crippen LogP contribution < -0.4 is 4.90 Å². The Hall–Kier alpha value is -5.86. The molecule has 44 heavy (non-hydrogen) atoms. The summed E-state index contributed by atoms with van der Waals surface area (Å²) in [4.78, 5) is 2.39. The highest BCUT2D eigenvalue weighted by Crippen LogP contribution is 2.46. The molecule has 0 aliphatic heterocycles. The molecule has 0 saturated carbocycles. The van der Waals surface area contributed by atoms with Crippen molar-refractivity contribution in [2.45, 2.75) is 0 Å². The number of para-hydroxylation sites is 1. The molecule has 8 aromatic carbocycles. The molecule has 0 unspecified atom stereocenters. The Kier molecular flexibility index (Phi) is 5.54. The maximum atomic E-state index is 6.39. The molecule has 0 aliphatic carbocycles. The molecule has 1 aromatic heterocycles. The van der Waals surface area contributed by atoms with Crippen molar-refractivity contribution in [2.24, 2.45) is 0 Å². The van der Waals surface area contributed by atoms with Crippen LogP contribution in [0.15, 0.2) is 168 Å². The average molecular weight is 562 g/mol. The lowest BCUT2D eigenvalue weighted by molar-refractivity contribution is 0.669. The molecule has 0 bridgehead atoms. The van der Waals surface area contributed by atoms with Gasteiger partial charge in [-0.2, -0.15) is 0 Å². The third kappa shape index (κ3) is 3.89. The Balaban J connectivity index is 1.35. The Labute approximate surface area is 255 Å². The molecular weight excluding hydrogens is 534 g/mol. The Morgan fingerprint density at radius 3 is 1.82 bits per heavy atom. The minimum Gasteiger partial charge on any atom is -0.456 e. The first-order chi connectivity index (χ1) is 21.8. The summed E-state index contributed by atoms with van der Waals surface area (Å²) in [6.07, 6.45) is 0. The number of rotatable bonds is 4. The van der Waals surface area contributed by atoms with E-state index in [0.717, 1.165) is 39.0 Å². The minimum absolute atomic E-state index is 0.879. The van der Waals surface area contributed by atoms with Crippen LogP contribution in [0, 0.1) is 0 Å². The summed E-state index contributed by atoms with van der Waals surface area (Å²) in [5, 5.41) is 9.66. The van der Waals surface area contributed by atoms with Gasteiger partial charge in [0, 0.05) is 33.6 Å². The third-order valence-corrected chi connectivity index (χ3v) is 8.82. The highest BCUT2D eigenvalue weighted by molar-refractivity contribution is 6.23. The fraction of sp³-hybridized carbons (Fsp3) is 0. The zero-order valence-electron chi connectivity index (χ0n) is 23.9. The molecule has 0 atom stereocenters. The molecule has 0 N–H and O–H groups in total. The van der Waals surface area contributed by atoms with Crippen LogP contribution in [-0.2, 0) is 0 Å². The van der Waals surface area contributed by atoms with E-state index in [9.17, 15) is 0 Å². The van der Waals surface area contributed by atoms with Crippen molar-refractivity contribution in [1.29, 1.82) is 0 Å². The molecule has 9 rings (SSSR count). The largest absolute Gasteiger partial charge is 0.456 e. The van der Waals surface area contributed by atoms with E-state index < -0.39 is 0 Å². The molecule has 0 fully saturated rings. The van der Waals surface area contributed by atoms with Crippen LogP contribution in [0.1, 0.15) is 0 Å². The van der Waals surface area contributed by atoms with Gasteiger partial charge in [-0.3, -0.25) is 0 Å². The van der Waals surface area contributed by atoms with E-state index in [0.29, 0.717) is 0 Å². The van der Waals surface area contributed by atoms with Crippen LogP contribution in [0.2, 0.25) is 0 Å². The number of hydrogen-bond donors (Lipinski definition) is 0. The molecule has 0 saturated heterocycles. The first kappa shape index (κ1) is 24.7. The standard InChI is InChI=1S/C42H27NO/c1-2-10-28(11-3-1)29-18-21-32(22-19-29)43(33-23-25-37-36-16-8-9-17-40(36)44-41(37)27-33)39-26-31-13-5-6-14-34(31)38-24-20-30-12-4-7-15-35(30)42(38)39/h1-27H. The molecule has 1 heterocycles. The summed E-state index contributed by atoms with van der Waals surface area (Å²) < 4.78 is 6.39. The Morgan fingerprint density at radius 1 is 0.364 bits per heavy atom. The lowest BCUT2D eigenvalue weighted by Crippen LogP contribution is -2.11. The SMILES string of the molecule is c1ccc(-c2ccc(N(c3ccc4c(c3)oc3ccccc34)c3cc4ccccc4c4ccc5ccccc5c34)cc2)cc1. The van der Waals surface area contributed by atoms with Gasteiger partial charge in [-0.1, -0.05) is 121 Å². The zero-order chi connectivity index (χ0) is 29.0. The van der Waals surface area contributed by atoms with Gasteiger partial charge in [0.1, 0.15) is 11.2 Å². The predicted molar refractivity (Wildman–Crippen MR) is 186 cm³/mol. The summed E-state index contributed by atoms with van der Waals surface area (Å²) in [5.74, 6) is 0. The summed E-state index contributed by atoms with van der Waals surface area (Å²) in [6.45, 7) is 0.